The van der Waals surface area contributed by atoms with E-state index in [9.17, 15) is 9.18 Å². The van der Waals surface area contributed by atoms with Crippen LogP contribution in [-0.2, 0) is 0 Å². The van der Waals surface area contributed by atoms with Crippen molar-refractivity contribution in [2.24, 2.45) is 5.10 Å². The minimum atomic E-state index is -0.342. The van der Waals surface area contributed by atoms with E-state index in [-0.39, 0.29) is 11.7 Å². The van der Waals surface area contributed by atoms with Gasteiger partial charge >= 0.3 is 0 Å². The maximum absolute atomic E-state index is 13.0. The monoisotopic (exact) mass is 338 g/mol. The van der Waals surface area contributed by atoms with Gasteiger partial charge in [-0.05, 0) is 48.5 Å². The minimum Gasteiger partial charge on any atom is -0.497 e. The molecule has 0 bridgehead atoms. The third kappa shape index (κ3) is 3.89. The normalized spacial score (nSPS) is 10.8. The number of methoxy groups -OCH3 is 1. The molecule has 25 heavy (non-hydrogen) atoms. The molecule has 6 nitrogen and oxygen atoms in total. The van der Waals surface area contributed by atoms with E-state index < -0.39 is 0 Å². The molecule has 1 heterocycles. The van der Waals surface area contributed by atoms with Crippen molar-refractivity contribution in [2.45, 2.75) is 0 Å². The van der Waals surface area contributed by atoms with Crippen LogP contribution in [0.2, 0.25) is 0 Å². The Balaban J connectivity index is 1.69. The Morgan fingerprint density at radius 1 is 1.20 bits per heavy atom. The molecule has 3 aromatic rings. The van der Waals surface area contributed by atoms with Gasteiger partial charge in [0.2, 0.25) is 0 Å². The van der Waals surface area contributed by atoms with E-state index in [1.807, 2.05) is 0 Å². The van der Waals surface area contributed by atoms with Crippen LogP contribution in [0.5, 0.6) is 5.75 Å². The summed E-state index contributed by atoms with van der Waals surface area (Å²) in [7, 11) is 1.56. The zero-order chi connectivity index (χ0) is 17.6. The molecule has 0 radical (unpaired) electrons. The van der Waals surface area contributed by atoms with Crippen LogP contribution in [0.1, 0.15) is 15.9 Å². The number of aromatic nitrogens is 2. The summed E-state index contributed by atoms with van der Waals surface area (Å²) in [4.78, 5) is 12.0. The second-order valence-corrected chi connectivity index (χ2v) is 5.13. The molecular formula is C18H15FN4O2. The van der Waals surface area contributed by atoms with Gasteiger partial charge in [0.15, 0.2) is 0 Å². The van der Waals surface area contributed by atoms with Gasteiger partial charge in [-0.25, -0.2) is 9.82 Å². The smallest absolute Gasteiger partial charge is 0.271 e. The summed E-state index contributed by atoms with van der Waals surface area (Å²) in [5.74, 6) is 0.0124. The molecule has 0 saturated carbocycles. The summed E-state index contributed by atoms with van der Waals surface area (Å²) >= 11 is 0. The number of nitrogens with zero attached hydrogens (tertiary/aromatic N) is 2. The van der Waals surface area contributed by atoms with Crippen molar-refractivity contribution in [1.82, 2.24) is 15.6 Å². The van der Waals surface area contributed by atoms with Gasteiger partial charge in [-0.15, -0.1) is 0 Å². The van der Waals surface area contributed by atoms with Crippen molar-refractivity contribution in [3.63, 3.8) is 0 Å². The van der Waals surface area contributed by atoms with E-state index >= 15 is 0 Å². The molecule has 0 unspecified atom stereocenters. The molecule has 0 spiro atoms. The molecule has 126 valence electrons. The molecule has 0 aliphatic carbocycles. The molecule has 0 aliphatic rings. The Bertz CT molecular complexity index is 886. The van der Waals surface area contributed by atoms with Crippen molar-refractivity contribution in [3.05, 3.63) is 71.7 Å². The standard InChI is InChI=1S/C18H15FN4O2/c1-25-16-8-4-13(5-9-16)18(24)23-21-11-14-10-20-22-17(14)12-2-6-15(19)7-3-12/h2-11H,1H3,(H,20,22)(H,23,24)/b21-11-. The summed E-state index contributed by atoms with van der Waals surface area (Å²) in [6.45, 7) is 0. The molecule has 1 aromatic heterocycles. The Morgan fingerprint density at radius 3 is 2.60 bits per heavy atom. The van der Waals surface area contributed by atoms with Crippen LogP contribution in [0.15, 0.2) is 59.8 Å². The van der Waals surface area contributed by atoms with Crippen LogP contribution in [0, 0.1) is 5.82 Å². The third-order valence-electron chi connectivity index (χ3n) is 3.52. The average molecular weight is 338 g/mol. The van der Waals surface area contributed by atoms with Crippen LogP contribution in [0.25, 0.3) is 11.3 Å². The highest BCUT2D eigenvalue weighted by molar-refractivity contribution is 5.95. The quantitative estimate of drug-likeness (QED) is 0.554. The number of hydrogen-bond donors (Lipinski definition) is 2. The van der Waals surface area contributed by atoms with Gasteiger partial charge < -0.3 is 4.74 Å². The van der Waals surface area contributed by atoms with Crippen LogP contribution >= 0.6 is 0 Å². The van der Waals surface area contributed by atoms with Gasteiger partial charge in [-0.1, -0.05) is 0 Å². The highest BCUT2D eigenvalue weighted by Crippen LogP contribution is 2.20. The lowest BCUT2D eigenvalue weighted by Crippen LogP contribution is -2.17. The minimum absolute atomic E-state index is 0.315. The van der Waals surface area contributed by atoms with Crippen molar-refractivity contribution >= 4 is 12.1 Å². The summed E-state index contributed by atoms with van der Waals surface area (Å²) in [5, 5.41) is 10.7. The first-order valence-electron chi connectivity index (χ1n) is 7.44. The summed E-state index contributed by atoms with van der Waals surface area (Å²) < 4.78 is 18.1. The summed E-state index contributed by atoms with van der Waals surface area (Å²) in [6.07, 6.45) is 3.05. The Kier molecular flexibility index (Phi) is 4.84. The maximum Gasteiger partial charge on any atom is 0.271 e. The van der Waals surface area contributed by atoms with Crippen molar-refractivity contribution in [3.8, 4) is 17.0 Å². The van der Waals surface area contributed by atoms with E-state index in [2.05, 4.69) is 20.7 Å². The van der Waals surface area contributed by atoms with E-state index in [1.165, 1.54) is 18.3 Å². The molecule has 0 fully saturated rings. The lowest BCUT2D eigenvalue weighted by Gasteiger charge is -2.02. The molecule has 1 amide bonds. The number of aromatic amines is 1. The van der Waals surface area contributed by atoms with Gasteiger partial charge in [0.1, 0.15) is 11.6 Å². The number of benzene rings is 2. The molecular weight excluding hydrogens is 323 g/mol. The number of nitrogens with one attached hydrogen (secondary N) is 2. The van der Waals surface area contributed by atoms with E-state index in [1.54, 1.807) is 49.7 Å². The summed E-state index contributed by atoms with van der Waals surface area (Å²) in [6, 6.07) is 12.7. The summed E-state index contributed by atoms with van der Waals surface area (Å²) in [5.41, 5.74) is 5.03. The van der Waals surface area contributed by atoms with Crippen molar-refractivity contribution in [2.75, 3.05) is 7.11 Å². The maximum atomic E-state index is 13.0. The van der Waals surface area contributed by atoms with Gasteiger partial charge in [0, 0.05) is 16.7 Å². The van der Waals surface area contributed by atoms with Gasteiger partial charge in [-0.3, -0.25) is 9.89 Å². The highest BCUT2D eigenvalue weighted by Gasteiger charge is 2.07. The molecule has 2 aromatic carbocycles. The predicted molar refractivity (Wildman–Crippen MR) is 92.0 cm³/mol. The van der Waals surface area contributed by atoms with E-state index in [0.717, 1.165) is 5.56 Å². The van der Waals surface area contributed by atoms with Crippen molar-refractivity contribution in [1.29, 1.82) is 0 Å². The number of halogens is 1. The lowest BCUT2D eigenvalue weighted by molar-refractivity contribution is 0.0955. The van der Waals surface area contributed by atoms with E-state index in [0.29, 0.717) is 22.6 Å². The van der Waals surface area contributed by atoms with Gasteiger partial charge in [0.05, 0.1) is 25.2 Å². The Hall–Kier alpha value is -3.48. The number of ether oxygens (including phenoxy) is 1. The number of rotatable bonds is 5. The van der Waals surface area contributed by atoms with Crippen LogP contribution in [-0.4, -0.2) is 29.4 Å². The molecule has 2 N–H and O–H groups in total. The average Bonchev–Trinajstić information content (AvgIpc) is 3.11. The fraction of sp³-hybridized carbons (Fsp3) is 0.0556. The molecule has 0 atom stereocenters. The molecule has 7 heteroatoms. The molecule has 0 aliphatic heterocycles. The number of carbonyl (C=O) groups is 1. The number of hydrogen-bond acceptors (Lipinski definition) is 4. The van der Waals surface area contributed by atoms with Gasteiger partial charge in [-0.2, -0.15) is 10.2 Å². The second kappa shape index (κ2) is 7.39. The van der Waals surface area contributed by atoms with Crippen molar-refractivity contribution < 1.29 is 13.9 Å². The van der Waals surface area contributed by atoms with Gasteiger partial charge in [0.25, 0.3) is 5.91 Å². The zero-order valence-corrected chi connectivity index (χ0v) is 13.4. The molecule has 3 rings (SSSR count). The zero-order valence-electron chi connectivity index (χ0n) is 13.4. The second-order valence-electron chi connectivity index (χ2n) is 5.13. The SMILES string of the molecule is COc1ccc(C(=O)N/N=C\c2cn[nH]c2-c2ccc(F)cc2)cc1. The first-order valence-corrected chi connectivity index (χ1v) is 7.44. The van der Waals surface area contributed by atoms with E-state index in [4.69, 9.17) is 4.74 Å². The fourth-order valence-corrected chi connectivity index (χ4v) is 2.21. The van der Waals surface area contributed by atoms with Crippen LogP contribution < -0.4 is 10.2 Å². The largest absolute Gasteiger partial charge is 0.497 e. The predicted octanol–water partition coefficient (Wildman–Crippen LogP) is 2.99. The van der Waals surface area contributed by atoms with Crippen LogP contribution in [0.3, 0.4) is 0 Å². The molecule has 0 saturated heterocycles. The Labute approximate surface area is 143 Å². The first kappa shape index (κ1) is 16.4. The Morgan fingerprint density at radius 2 is 1.92 bits per heavy atom. The number of hydrazone groups is 1. The number of carbonyl (C=O) groups excluding carboxylic acids is 1. The topological polar surface area (TPSA) is 79.4 Å². The lowest BCUT2D eigenvalue weighted by atomic mass is 10.1. The fourth-order valence-electron chi connectivity index (χ4n) is 2.21. The number of amides is 1. The number of H-pyrrole nitrogens is 1. The third-order valence-corrected chi connectivity index (χ3v) is 3.52. The first-order chi connectivity index (χ1) is 12.2. The highest BCUT2D eigenvalue weighted by atomic mass is 19.1. The van der Waals surface area contributed by atoms with Crippen LogP contribution in [0.4, 0.5) is 4.39 Å².